The van der Waals surface area contributed by atoms with Crippen LogP contribution in [0.1, 0.15) is 17.0 Å². The minimum absolute atomic E-state index is 0.650. The Morgan fingerprint density at radius 2 is 1.53 bits per heavy atom. The van der Waals surface area contributed by atoms with Crippen LogP contribution in [0.15, 0.2) is 47.0 Å². The SMILES string of the molecule is COc1ccc(CN2CCN(Cc3nc(-c4ccc(C)cc4)no3)CC2)cc1OC. The highest BCUT2D eigenvalue weighted by molar-refractivity contribution is 5.54. The second-order valence-corrected chi connectivity index (χ2v) is 7.62. The van der Waals surface area contributed by atoms with Gasteiger partial charge in [-0.05, 0) is 24.6 Å². The molecular formula is C23H28N4O3. The van der Waals surface area contributed by atoms with Crippen molar-refractivity contribution in [2.45, 2.75) is 20.0 Å². The van der Waals surface area contributed by atoms with Crippen LogP contribution in [0.3, 0.4) is 0 Å². The molecule has 1 fully saturated rings. The van der Waals surface area contributed by atoms with Gasteiger partial charge >= 0.3 is 0 Å². The van der Waals surface area contributed by atoms with Gasteiger partial charge in [-0.1, -0.05) is 41.1 Å². The fraction of sp³-hybridized carbons (Fsp3) is 0.391. The zero-order chi connectivity index (χ0) is 20.9. The van der Waals surface area contributed by atoms with E-state index in [-0.39, 0.29) is 0 Å². The van der Waals surface area contributed by atoms with E-state index in [4.69, 9.17) is 14.0 Å². The lowest BCUT2D eigenvalue weighted by atomic mass is 10.1. The summed E-state index contributed by atoms with van der Waals surface area (Å²) in [6.07, 6.45) is 0. The molecular weight excluding hydrogens is 380 g/mol. The molecule has 2 heterocycles. The number of aromatic nitrogens is 2. The summed E-state index contributed by atoms with van der Waals surface area (Å²) in [5, 5.41) is 4.14. The van der Waals surface area contributed by atoms with Crippen molar-refractivity contribution in [3.05, 3.63) is 59.5 Å². The molecule has 0 N–H and O–H groups in total. The van der Waals surface area contributed by atoms with Crippen molar-refractivity contribution in [2.75, 3.05) is 40.4 Å². The second kappa shape index (κ2) is 9.28. The molecule has 7 nitrogen and oxygen atoms in total. The Morgan fingerprint density at radius 3 is 2.20 bits per heavy atom. The quantitative estimate of drug-likeness (QED) is 0.594. The van der Waals surface area contributed by atoms with E-state index in [1.54, 1.807) is 14.2 Å². The van der Waals surface area contributed by atoms with Crippen molar-refractivity contribution in [1.29, 1.82) is 0 Å². The van der Waals surface area contributed by atoms with Crippen molar-refractivity contribution in [3.8, 4) is 22.9 Å². The molecule has 158 valence electrons. The van der Waals surface area contributed by atoms with E-state index < -0.39 is 0 Å². The Labute approximate surface area is 177 Å². The van der Waals surface area contributed by atoms with Crippen LogP contribution in [0.5, 0.6) is 11.5 Å². The Kier molecular flexibility index (Phi) is 6.30. The molecule has 1 aliphatic rings. The molecule has 1 aromatic heterocycles. The second-order valence-electron chi connectivity index (χ2n) is 7.62. The van der Waals surface area contributed by atoms with Crippen LogP contribution in [-0.2, 0) is 13.1 Å². The predicted molar refractivity (Wildman–Crippen MR) is 115 cm³/mol. The number of piperazine rings is 1. The van der Waals surface area contributed by atoms with Gasteiger partial charge in [0, 0.05) is 38.3 Å². The van der Waals surface area contributed by atoms with Crippen molar-refractivity contribution in [3.63, 3.8) is 0 Å². The van der Waals surface area contributed by atoms with E-state index in [1.807, 2.05) is 18.2 Å². The first-order valence-electron chi connectivity index (χ1n) is 10.2. The van der Waals surface area contributed by atoms with Crippen molar-refractivity contribution in [1.82, 2.24) is 19.9 Å². The summed E-state index contributed by atoms with van der Waals surface area (Å²) < 4.78 is 16.2. The van der Waals surface area contributed by atoms with Crippen molar-refractivity contribution in [2.24, 2.45) is 0 Å². The molecule has 0 bridgehead atoms. The molecule has 1 aliphatic heterocycles. The molecule has 7 heteroatoms. The normalized spacial score (nSPS) is 15.3. The highest BCUT2D eigenvalue weighted by atomic mass is 16.5. The third kappa shape index (κ3) is 4.80. The van der Waals surface area contributed by atoms with Crippen LogP contribution in [0.25, 0.3) is 11.4 Å². The maximum Gasteiger partial charge on any atom is 0.241 e. The van der Waals surface area contributed by atoms with Gasteiger partial charge in [0.15, 0.2) is 11.5 Å². The fourth-order valence-corrected chi connectivity index (χ4v) is 3.67. The summed E-state index contributed by atoms with van der Waals surface area (Å²) in [6.45, 7) is 7.57. The van der Waals surface area contributed by atoms with Gasteiger partial charge in [0.2, 0.25) is 11.7 Å². The summed E-state index contributed by atoms with van der Waals surface area (Å²) in [4.78, 5) is 9.37. The fourth-order valence-electron chi connectivity index (χ4n) is 3.67. The predicted octanol–water partition coefficient (Wildman–Crippen LogP) is 3.38. The first-order valence-corrected chi connectivity index (χ1v) is 10.2. The molecule has 30 heavy (non-hydrogen) atoms. The summed E-state index contributed by atoms with van der Waals surface area (Å²) in [7, 11) is 3.33. The molecule has 0 aliphatic carbocycles. The molecule has 0 atom stereocenters. The summed E-state index contributed by atoms with van der Waals surface area (Å²) in [5.74, 6) is 2.85. The van der Waals surface area contributed by atoms with Crippen molar-refractivity contribution < 1.29 is 14.0 Å². The van der Waals surface area contributed by atoms with E-state index in [0.717, 1.165) is 49.8 Å². The Hall–Kier alpha value is -2.90. The van der Waals surface area contributed by atoms with Gasteiger partial charge < -0.3 is 14.0 Å². The highest BCUT2D eigenvalue weighted by Gasteiger charge is 2.20. The van der Waals surface area contributed by atoms with E-state index in [2.05, 4.69) is 51.1 Å². The van der Waals surface area contributed by atoms with Gasteiger partial charge in [0.25, 0.3) is 0 Å². The van der Waals surface area contributed by atoms with Crippen LogP contribution < -0.4 is 9.47 Å². The zero-order valence-electron chi connectivity index (χ0n) is 17.8. The molecule has 1 saturated heterocycles. The Bertz CT molecular complexity index is 963. The number of hydrogen-bond donors (Lipinski definition) is 0. The zero-order valence-corrected chi connectivity index (χ0v) is 17.8. The molecule has 4 rings (SSSR count). The average Bonchev–Trinajstić information content (AvgIpc) is 3.24. The van der Waals surface area contributed by atoms with Crippen molar-refractivity contribution >= 4 is 0 Å². The Balaban J connectivity index is 1.29. The average molecular weight is 409 g/mol. The standard InChI is InChI=1S/C23H28N4O3/c1-17-4-7-19(8-5-17)23-24-22(30-25-23)16-27-12-10-26(11-13-27)15-18-6-9-20(28-2)21(14-18)29-3/h4-9,14H,10-13,15-16H2,1-3H3. The molecule has 2 aromatic carbocycles. The minimum Gasteiger partial charge on any atom is -0.493 e. The van der Waals surface area contributed by atoms with E-state index in [9.17, 15) is 0 Å². The Morgan fingerprint density at radius 1 is 0.867 bits per heavy atom. The number of ether oxygens (including phenoxy) is 2. The lowest BCUT2D eigenvalue weighted by Gasteiger charge is -2.34. The summed E-state index contributed by atoms with van der Waals surface area (Å²) in [6, 6.07) is 14.3. The van der Waals surface area contributed by atoms with Gasteiger partial charge in [0.05, 0.1) is 20.8 Å². The number of benzene rings is 2. The number of aryl methyl sites for hydroxylation is 1. The third-order valence-electron chi connectivity index (χ3n) is 5.46. The highest BCUT2D eigenvalue weighted by Crippen LogP contribution is 2.28. The third-order valence-corrected chi connectivity index (χ3v) is 5.46. The minimum atomic E-state index is 0.650. The number of rotatable bonds is 7. The molecule has 0 unspecified atom stereocenters. The van der Waals surface area contributed by atoms with Crippen LogP contribution in [0.4, 0.5) is 0 Å². The summed E-state index contributed by atoms with van der Waals surface area (Å²) >= 11 is 0. The van der Waals surface area contributed by atoms with Crippen LogP contribution in [0, 0.1) is 6.92 Å². The molecule has 3 aromatic rings. The maximum absolute atomic E-state index is 5.48. The van der Waals surface area contributed by atoms with Gasteiger partial charge in [-0.25, -0.2) is 0 Å². The van der Waals surface area contributed by atoms with E-state index >= 15 is 0 Å². The van der Waals surface area contributed by atoms with Gasteiger partial charge in [-0.2, -0.15) is 4.98 Å². The number of hydrogen-bond acceptors (Lipinski definition) is 7. The molecule has 0 amide bonds. The smallest absolute Gasteiger partial charge is 0.241 e. The maximum atomic E-state index is 5.48. The summed E-state index contributed by atoms with van der Waals surface area (Å²) in [5.41, 5.74) is 3.42. The topological polar surface area (TPSA) is 63.9 Å². The number of nitrogens with zero attached hydrogens (tertiary/aromatic N) is 4. The van der Waals surface area contributed by atoms with E-state index in [1.165, 1.54) is 11.1 Å². The van der Waals surface area contributed by atoms with Crippen LogP contribution >= 0.6 is 0 Å². The van der Waals surface area contributed by atoms with Crippen LogP contribution in [0.2, 0.25) is 0 Å². The van der Waals surface area contributed by atoms with Gasteiger partial charge in [-0.15, -0.1) is 0 Å². The lowest BCUT2D eigenvalue weighted by molar-refractivity contribution is 0.112. The van der Waals surface area contributed by atoms with Gasteiger partial charge in [0.1, 0.15) is 0 Å². The largest absolute Gasteiger partial charge is 0.493 e. The number of methoxy groups -OCH3 is 2. The monoisotopic (exact) mass is 408 g/mol. The molecule has 0 saturated carbocycles. The first kappa shape index (κ1) is 20.4. The van der Waals surface area contributed by atoms with Crippen LogP contribution in [-0.4, -0.2) is 60.3 Å². The molecule has 0 radical (unpaired) electrons. The van der Waals surface area contributed by atoms with Gasteiger partial charge in [-0.3, -0.25) is 9.80 Å². The lowest BCUT2D eigenvalue weighted by Crippen LogP contribution is -2.45. The molecule has 0 spiro atoms. The first-order chi connectivity index (χ1) is 14.6. The van der Waals surface area contributed by atoms with E-state index in [0.29, 0.717) is 18.3 Å².